The molecule has 19 heavy (non-hydrogen) atoms. The summed E-state index contributed by atoms with van der Waals surface area (Å²) in [5.41, 5.74) is 0.984. The quantitative estimate of drug-likeness (QED) is 0.694. The summed E-state index contributed by atoms with van der Waals surface area (Å²) in [5.74, 6) is -0.608. The van der Waals surface area contributed by atoms with E-state index in [9.17, 15) is 14.0 Å². The van der Waals surface area contributed by atoms with Crippen LogP contribution in [0.3, 0.4) is 0 Å². The van der Waals surface area contributed by atoms with Crippen LogP contribution < -0.4 is 14.8 Å². The van der Waals surface area contributed by atoms with Crippen molar-refractivity contribution in [2.75, 3.05) is 0 Å². The molecule has 0 amide bonds. The number of thiazole rings is 1. The minimum Gasteiger partial charge on any atom is -0.303 e. The number of halogens is 1. The number of nitrogens with zero attached hydrogens (tertiary/aromatic N) is 1. The fourth-order valence-corrected chi connectivity index (χ4v) is 3.28. The summed E-state index contributed by atoms with van der Waals surface area (Å²) >= 11 is 1.17. The van der Waals surface area contributed by atoms with E-state index in [2.05, 4.69) is 6.58 Å². The molecule has 1 heterocycles. The number of hydrogen-bond donors (Lipinski definition) is 0. The molecule has 3 nitrogen and oxygen atoms in total. The highest BCUT2D eigenvalue weighted by Crippen LogP contribution is 2.29. The number of aromatic nitrogens is 1. The molecule has 5 heteroatoms. The molecule has 1 aliphatic carbocycles. The van der Waals surface area contributed by atoms with Crippen LogP contribution in [0.2, 0.25) is 0 Å². The van der Waals surface area contributed by atoms with Crippen LogP contribution in [0, 0.1) is 5.82 Å². The van der Waals surface area contributed by atoms with Gasteiger partial charge in [-0.15, -0.1) is 11.3 Å². The predicted octanol–water partition coefficient (Wildman–Crippen LogP) is 0.320. The summed E-state index contributed by atoms with van der Waals surface area (Å²) in [6, 6.07) is 4.56. The molecule has 1 aliphatic rings. The normalized spacial score (nSPS) is 16.8. The fraction of sp³-hybridized carbons (Fsp3) is 0.143. The van der Waals surface area contributed by atoms with Crippen molar-refractivity contribution >= 4 is 29.3 Å². The molecule has 0 bridgehead atoms. The van der Waals surface area contributed by atoms with Crippen LogP contribution in [-0.2, 0) is 18.3 Å². The molecule has 0 unspecified atom stereocenters. The molecule has 0 radical (unpaired) electrons. The second-order valence-corrected chi connectivity index (χ2v) is 5.51. The molecule has 2 aromatic rings. The minimum absolute atomic E-state index is 0.0187. The van der Waals surface area contributed by atoms with E-state index in [-0.39, 0.29) is 17.8 Å². The second kappa shape index (κ2) is 3.99. The summed E-state index contributed by atoms with van der Waals surface area (Å²) in [5, 5.41) is 0. The minimum atomic E-state index is -0.399. The van der Waals surface area contributed by atoms with Gasteiger partial charge in [-0.1, -0.05) is 18.7 Å². The smallest absolute Gasteiger partial charge is 0.269 e. The van der Waals surface area contributed by atoms with Crippen LogP contribution >= 0.6 is 11.3 Å². The Balaban J connectivity index is 2.50. The van der Waals surface area contributed by atoms with Gasteiger partial charge in [0.05, 0.1) is 4.66 Å². The van der Waals surface area contributed by atoms with Gasteiger partial charge >= 0.3 is 0 Å². The lowest BCUT2D eigenvalue weighted by Gasteiger charge is -1.98. The highest BCUT2D eigenvalue weighted by atomic mass is 32.1. The van der Waals surface area contributed by atoms with Crippen LogP contribution in [-0.4, -0.2) is 10.4 Å². The van der Waals surface area contributed by atoms with E-state index < -0.39 is 5.82 Å². The Morgan fingerprint density at radius 2 is 2.11 bits per heavy atom. The van der Waals surface area contributed by atoms with Gasteiger partial charge in [-0.2, -0.15) is 0 Å². The first-order valence-electron chi connectivity index (χ1n) is 5.70. The second-order valence-electron chi connectivity index (χ2n) is 4.43. The number of carbonyl (C=O) groups is 1. The molecule has 0 aliphatic heterocycles. The zero-order valence-corrected chi connectivity index (χ0v) is 11.0. The predicted molar refractivity (Wildman–Crippen MR) is 72.0 cm³/mol. The average molecular weight is 275 g/mol. The number of ketones is 1. The lowest BCUT2D eigenvalue weighted by atomic mass is 10.1. The lowest BCUT2D eigenvalue weighted by molar-refractivity contribution is -0.112. The summed E-state index contributed by atoms with van der Waals surface area (Å²) in [7, 11) is 1.61. The van der Waals surface area contributed by atoms with Crippen molar-refractivity contribution in [1.29, 1.82) is 0 Å². The Morgan fingerprint density at radius 1 is 1.37 bits per heavy atom. The van der Waals surface area contributed by atoms with Gasteiger partial charge in [0.25, 0.3) is 5.56 Å². The van der Waals surface area contributed by atoms with Gasteiger partial charge in [0.15, 0.2) is 5.78 Å². The van der Waals surface area contributed by atoms with Gasteiger partial charge in [-0.25, -0.2) is 4.39 Å². The van der Waals surface area contributed by atoms with Crippen molar-refractivity contribution < 1.29 is 9.18 Å². The third-order valence-corrected chi connectivity index (χ3v) is 4.42. The van der Waals surface area contributed by atoms with Crippen LogP contribution in [0.25, 0.3) is 12.2 Å². The van der Waals surface area contributed by atoms with E-state index in [1.807, 2.05) is 0 Å². The van der Waals surface area contributed by atoms with Gasteiger partial charge in [0.1, 0.15) is 10.3 Å². The van der Waals surface area contributed by atoms with E-state index >= 15 is 0 Å². The first-order valence-corrected chi connectivity index (χ1v) is 6.52. The van der Waals surface area contributed by atoms with E-state index in [1.165, 1.54) is 22.0 Å². The van der Waals surface area contributed by atoms with Crippen molar-refractivity contribution in [3.8, 4) is 0 Å². The zero-order valence-electron chi connectivity index (χ0n) is 10.2. The summed E-state index contributed by atoms with van der Waals surface area (Å²) < 4.78 is 16.0. The lowest BCUT2D eigenvalue weighted by Crippen LogP contribution is -2.30. The SMILES string of the molecule is C=c1s/c(=C2\C(=O)Cc3c(F)cccc32)c(=O)n1C. The molecule has 0 spiro atoms. The molecule has 0 N–H and O–H groups in total. The van der Waals surface area contributed by atoms with Crippen molar-refractivity contribution in [1.82, 2.24) is 4.57 Å². The number of Topliss-reactive ketones (excluding diaryl/α,β-unsaturated/α-hetero) is 1. The van der Waals surface area contributed by atoms with Crippen LogP contribution in [0.1, 0.15) is 11.1 Å². The van der Waals surface area contributed by atoms with Crippen LogP contribution in [0.15, 0.2) is 23.0 Å². The molecule has 1 aromatic heterocycles. The van der Waals surface area contributed by atoms with E-state index in [1.54, 1.807) is 19.2 Å². The van der Waals surface area contributed by atoms with Gasteiger partial charge < -0.3 is 4.57 Å². The highest BCUT2D eigenvalue weighted by molar-refractivity contribution is 7.07. The molecule has 0 saturated heterocycles. The summed E-state index contributed by atoms with van der Waals surface area (Å²) in [6.45, 7) is 3.75. The highest BCUT2D eigenvalue weighted by Gasteiger charge is 2.28. The largest absolute Gasteiger partial charge is 0.303 e. The fourth-order valence-electron chi connectivity index (χ4n) is 2.27. The third kappa shape index (κ3) is 1.62. The van der Waals surface area contributed by atoms with Crippen molar-refractivity contribution in [3.63, 3.8) is 0 Å². The van der Waals surface area contributed by atoms with E-state index in [4.69, 9.17) is 0 Å². The summed E-state index contributed by atoms with van der Waals surface area (Å²) in [4.78, 5) is 24.2. The first-order chi connectivity index (χ1) is 9.00. The Bertz CT molecular complexity index is 876. The molecular weight excluding hydrogens is 265 g/mol. The van der Waals surface area contributed by atoms with Gasteiger partial charge in [0, 0.05) is 24.6 Å². The molecule has 96 valence electrons. The first kappa shape index (κ1) is 12.0. The molecule has 1 aromatic carbocycles. The van der Waals surface area contributed by atoms with Crippen LogP contribution in [0.4, 0.5) is 4.39 Å². The average Bonchev–Trinajstić information content (AvgIpc) is 2.83. The monoisotopic (exact) mass is 275 g/mol. The number of carbonyl (C=O) groups excluding carboxylic acids is 1. The van der Waals surface area contributed by atoms with Crippen LogP contribution in [0.5, 0.6) is 0 Å². The standard InChI is InChI=1S/C14H10FNO2S/c1-7-16(2)14(18)13(19-7)12-8-4-3-5-10(15)9(8)6-11(12)17/h3-5H,1,6H2,2H3/b13-12-. The van der Waals surface area contributed by atoms with Gasteiger partial charge in [-0.3, -0.25) is 9.59 Å². The van der Waals surface area contributed by atoms with Gasteiger partial charge in [-0.05, 0) is 11.6 Å². The molecule has 0 saturated carbocycles. The van der Waals surface area contributed by atoms with Gasteiger partial charge in [0.2, 0.25) is 0 Å². The number of fused-ring (bicyclic) bond motifs is 1. The summed E-state index contributed by atoms with van der Waals surface area (Å²) in [6.07, 6.45) is 0.0187. The van der Waals surface area contributed by atoms with E-state index in [0.29, 0.717) is 25.9 Å². The maximum atomic E-state index is 13.7. The number of rotatable bonds is 0. The number of hydrogen-bond acceptors (Lipinski definition) is 3. The Kier molecular flexibility index (Phi) is 2.53. The molecular formula is C14H10FNO2S. The molecule has 3 rings (SSSR count). The third-order valence-electron chi connectivity index (χ3n) is 3.32. The number of benzene rings is 1. The Labute approximate surface area is 111 Å². The van der Waals surface area contributed by atoms with E-state index in [0.717, 1.165) is 0 Å². The van der Waals surface area contributed by atoms with Crippen molar-refractivity contribution in [2.24, 2.45) is 7.05 Å². The maximum absolute atomic E-state index is 13.7. The molecule has 0 atom stereocenters. The van der Waals surface area contributed by atoms with Crippen molar-refractivity contribution in [3.05, 3.63) is 54.7 Å². The topological polar surface area (TPSA) is 39.1 Å². The Morgan fingerprint density at radius 3 is 2.74 bits per heavy atom. The van der Waals surface area contributed by atoms with Crippen molar-refractivity contribution in [2.45, 2.75) is 6.42 Å². The Hall–Kier alpha value is -2.01. The molecule has 0 fully saturated rings. The maximum Gasteiger partial charge on any atom is 0.269 e. The zero-order chi connectivity index (χ0) is 13.7.